The van der Waals surface area contributed by atoms with Crippen molar-refractivity contribution < 1.29 is 0 Å². The molecule has 1 aromatic heterocycles. The van der Waals surface area contributed by atoms with Crippen molar-refractivity contribution in [2.45, 2.75) is 89.9 Å². The van der Waals surface area contributed by atoms with Crippen LogP contribution in [0.15, 0.2) is 0 Å². The summed E-state index contributed by atoms with van der Waals surface area (Å²) in [4.78, 5) is 0. The lowest BCUT2D eigenvalue weighted by Gasteiger charge is -2.50. The van der Waals surface area contributed by atoms with Gasteiger partial charge in [0.2, 0.25) is 0 Å². The summed E-state index contributed by atoms with van der Waals surface area (Å²) < 4.78 is 4.66. The predicted molar refractivity (Wildman–Crippen MR) is 130 cm³/mol. The van der Waals surface area contributed by atoms with Crippen LogP contribution in [0, 0.1) is 0 Å². The first kappa shape index (κ1) is 22.5. The van der Waals surface area contributed by atoms with Crippen LogP contribution in [0.5, 0.6) is 0 Å². The summed E-state index contributed by atoms with van der Waals surface area (Å²) in [5.74, 6) is 0. The molecule has 0 amide bonds. The van der Waals surface area contributed by atoms with Crippen LogP contribution in [0.3, 0.4) is 0 Å². The van der Waals surface area contributed by atoms with Gasteiger partial charge in [-0.05, 0) is 21.6 Å². The standard InChI is InChI=1S/C16H39P3Si4/c1-16(22(8,9)10,23(11,12)13)19-15(21(5,6)7)17-14(18-19)20(2,3)4/h1-13H3. The molecular formula is C16H39P3Si4. The molecule has 0 bridgehead atoms. The largest absolute Gasteiger partial charge is 0.0917 e. The molecule has 0 aliphatic heterocycles. The zero-order valence-corrected chi connectivity index (χ0v) is 24.5. The monoisotopic (exact) mass is 436 g/mol. The predicted octanol–water partition coefficient (Wildman–Crippen LogP) is 7.39. The van der Waals surface area contributed by atoms with Crippen molar-refractivity contribution in [3.8, 4) is 0 Å². The molecule has 1 heterocycles. The van der Waals surface area contributed by atoms with Crippen molar-refractivity contribution in [3.05, 3.63) is 0 Å². The van der Waals surface area contributed by atoms with Crippen LogP contribution in [0.2, 0.25) is 78.6 Å². The molecule has 0 aliphatic carbocycles. The van der Waals surface area contributed by atoms with Crippen molar-refractivity contribution in [1.29, 1.82) is 0 Å². The molecule has 0 spiro atoms. The maximum Gasteiger partial charge on any atom is 0.0898 e. The minimum atomic E-state index is -1.24. The van der Waals surface area contributed by atoms with E-state index in [9.17, 15) is 0 Å². The van der Waals surface area contributed by atoms with E-state index in [1.54, 1.807) is 16.1 Å². The zero-order chi connectivity index (χ0) is 18.6. The van der Waals surface area contributed by atoms with Gasteiger partial charge in [-0.2, -0.15) is 0 Å². The van der Waals surface area contributed by atoms with E-state index < -0.39 is 32.3 Å². The quantitative estimate of drug-likeness (QED) is 0.422. The van der Waals surface area contributed by atoms with Crippen molar-refractivity contribution in [2.75, 3.05) is 0 Å². The van der Waals surface area contributed by atoms with E-state index in [2.05, 4.69) is 90.1 Å². The van der Waals surface area contributed by atoms with E-state index in [4.69, 9.17) is 0 Å². The Bertz CT molecular complexity index is 552. The lowest BCUT2D eigenvalue weighted by Crippen LogP contribution is -2.59. The normalized spacial score (nSPS) is 16.7. The summed E-state index contributed by atoms with van der Waals surface area (Å²) in [5, 5.41) is 0. The third kappa shape index (κ3) is 4.44. The Morgan fingerprint density at radius 3 is 1.35 bits per heavy atom. The first-order chi connectivity index (χ1) is 9.83. The third-order valence-electron chi connectivity index (χ3n) is 5.29. The Morgan fingerprint density at radius 1 is 0.696 bits per heavy atom. The van der Waals surface area contributed by atoms with Gasteiger partial charge in [0.25, 0.3) is 0 Å². The fraction of sp³-hybridized carbons (Fsp3) is 0.875. The van der Waals surface area contributed by atoms with Crippen LogP contribution < -0.4 is 9.30 Å². The van der Waals surface area contributed by atoms with Gasteiger partial charge in [-0.25, -0.2) is 0 Å². The van der Waals surface area contributed by atoms with E-state index in [1.165, 1.54) is 0 Å². The lowest BCUT2D eigenvalue weighted by molar-refractivity contribution is 1.03. The zero-order valence-electron chi connectivity index (χ0n) is 17.8. The van der Waals surface area contributed by atoms with Crippen LogP contribution in [-0.4, -0.2) is 32.3 Å². The van der Waals surface area contributed by atoms with Gasteiger partial charge in [0.1, 0.15) is 0 Å². The number of hydrogen-bond acceptors (Lipinski definition) is 0. The Labute approximate surface area is 154 Å². The van der Waals surface area contributed by atoms with Gasteiger partial charge < -0.3 is 0 Å². The molecule has 1 aromatic rings. The van der Waals surface area contributed by atoms with E-state index in [1.807, 2.05) is 4.65 Å². The van der Waals surface area contributed by atoms with Crippen molar-refractivity contribution >= 4 is 64.9 Å². The Balaban J connectivity index is 3.84. The second kappa shape index (κ2) is 6.59. The van der Waals surface area contributed by atoms with Gasteiger partial charge >= 0.3 is 0 Å². The molecule has 0 saturated carbocycles. The number of rotatable bonds is 5. The SMILES string of the molecule is CC(p1pc([Si](C)(C)C)pc1[Si](C)(C)C)([Si](C)(C)C)[Si](C)(C)C. The van der Waals surface area contributed by atoms with E-state index in [0.29, 0.717) is 4.40 Å². The minimum absolute atomic E-state index is 0.0376. The molecule has 0 nitrogen and oxygen atoms in total. The summed E-state index contributed by atoms with van der Waals surface area (Å²) in [6.07, 6.45) is 0. The van der Waals surface area contributed by atoms with Crippen LogP contribution in [0.25, 0.3) is 0 Å². The summed E-state index contributed by atoms with van der Waals surface area (Å²) in [7, 11) is -1.27. The highest BCUT2D eigenvalue weighted by Crippen LogP contribution is 2.61. The lowest BCUT2D eigenvalue weighted by atomic mass is 10.9. The first-order valence-corrected chi connectivity index (χ1v) is 26.7. The molecule has 23 heavy (non-hydrogen) atoms. The fourth-order valence-corrected chi connectivity index (χ4v) is 47.5. The molecule has 1 rings (SSSR count). The van der Waals surface area contributed by atoms with Crippen LogP contribution >= 0.6 is 23.3 Å². The van der Waals surface area contributed by atoms with Crippen LogP contribution in [0.4, 0.5) is 0 Å². The van der Waals surface area contributed by atoms with Gasteiger partial charge in [-0.1, -0.05) is 101 Å². The van der Waals surface area contributed by atoms with Crippen LogP contribution in [0.1, 0.15) is 6.92 Å². The summed E-state index contributed by atoms with van der Waals surface area (Å²) in [6, 6.07) is 0. The number of hydrogen-bond donors (Lipinski definition) is 0. The molecule has 134 valence electrons. The van der Waals surface area contributed by atoms with Gasteiger partial charge in [-0.3, -0.25) is 0 Å². The van der Waals surface area contributed by atoms with Crippen molar-refractivity contribution in [1.82, 2.24) is 0 Å². The highest BCUT2D eigenvalue weighted by Gasteiger charge is 2.52. The van der Waals surface area contributed by atoms with Crippen molar-refractivity contribution in [3.63, 3.8) is 0 Å². The highest BCUT2D eigenvalue weighted by molar-refractivity contribution is 8.14. The average molecular weight is 437 g/mol. The Morgan fingerprint density at radius 2 is 1.09 bits per heavy atom. The topological polar surface area (TPSA) is 0 Å². The average Bonchev–Trinajstić information content (AvgIpc) is 2.68. The van der Waals surface area contributed by atoms with E-state index >= 15 is 0 Å². The minimum Gasteiger partial charge on any atom is -0.0917 e. The van der Waals surface area contributed by atoms with Gasteiger partial charge in [0.05, 0.1) is 32.3 Å². The third-order valence-corrected chi connectivity index (χ3v) is 43.2. The molecule has 1 atom stereocenters. The molecule has 7 heteroatoms. The molecule has 1 unspecified atom stereocenters. The Hall–Kier alpha value is 1.51. The molecule has 0 fully saturated rings. The molecule has 0 radical (unpaired) electrons. The second-order valence-electron chi connectivity index (χ2n) is 11.2. The van der Waals surface area contributed by atoms with Crippen molar-refractivity contribution in [2.24, 2.45) is 0 Å². The highest BCUT2D eigenvalue weighted by atomic mass is 31.9. The second-order valence-corrected chi connectivity index (χ2v) is 41.5. The van der Waals surface area contributed by atoms with E-state index in [-0.39, 0.29) is 7.21 Å². The maximum absolute atomic E-state index is 2.74. The summed E-state index contributed by atoms with van der Waals surface area (Å²) in [5.41, 5.74) is 0. The fourth-order valence-electron chi connectivity index (χ4n) is 3.19. The van der Waals surface area contributed by atoms with E-state index in [0.717, 1.165) is 0 Å². The van der Waals surface area contributed by atoms with Gasteiger partial charge in [0, 0.05) is 0 Å². The molecule has 0 saturated heterocycles. The molecular weight excluding hydrogens is 397 g/mol. The molecule has 0 aromatic carbocycles. The van der Waals surface area contributed by atoms with Gasteiger partial charge in [0.15, 0.2) is 0 Å². The molecule has 0 aliphatic rings. The summed E-state index contributed by atoms with van der Waals surface area (Å²) in [6.45, 7) is 34.3. The first-order valence-electron chi connectivity index (χ1n) is 8.82. The molecule has 0 N–H and O–H groups in total. The maximum atomic E-state index is 2.74. The Kier molecular flexibility index (Phi) is 6.46. The van der Waals surface area contributed by atoms with Gasteiger partial charge in [-0.15, -0.1) is 0 Å². The summed E-state index contributed by atoms with van der Waals surface area (Å²) >= 11 is 0. The van der Waals surface area contributed by atoms with Crippen LogP contribution in [-0.2, 0) is 4.40 Å². The smallest absolute Gasteiger partial charge is 0.0898 e.